The number of halogens is 1. The fourth-order valence-corrected chi connectivity index (χ4v) is 4.34. The van der Waals surface area contributed by atoms with E-state index in [1.165, 1.54) is 0 Å². The van der Waals surface area contributed by atoms with Crippen LogP contribution < -0.4 is 5.32 Å². The van der Waals surface area contributed by atoms with Crippen molar-refractivity contribution in [3.63, 3.8) is 0 Å². The maximum absolute atomic E-state index is 13.3. The van der Waals surface area contributed by atoms with E-state index in [0.29, 0.717) is 28.2 Å². The second-order valence-electron chi connectivity index (χ2n) is 8.59. The number of amides is 1. The first-order chi connectivity index (χ1) is 16.6. The first-order valence-electron chi connectivity index (χ1n) is 11.5. The molecule has 0 saturated carbocycles. The van der Waals surface area contributed by atoms with E-state index >= 15 is 0 Å². The van der Waals surface area contributed by atoms with Gasteiger partial charge < -0.3 is 10.2 Å². The SMILES string of the molecule is CN1CCN(CCNC(=O)c2cc(-c3ccccc3)nc3c2cnn3-c2ccc(Cl)cc2)CC1. The van der Waals surface area contributed by atoms with Crippen molar-refractivity contribution in [1.82, 2.24) is 29.9 Å². The third kappa shape index (κ3) is 4.82. The van der Waals surface area contributed by atoms with Crippen molar-refractivity contribution >= 4 is 28.5 Å². The van der Waals surface area contributed by atoms with Crippen LogP contribution in [-0.4, -0.2) is 76.8 Å². The largest absolute Gasteiger partial charge is 0.351 e. The summed E-state index contributed by atoms with van der Waals surface area (Å²) in [6.07, 6.45) is 1.71. The van der Waals surface area contributed by atoms with Crippen LogP contribution in [0.5, 0.6) is 0 Å². The number of hydrogen-bond acceptors (Lipinski definition) is 5. The van der Waals surface area contributed by atoms with Gasteiger partial charge in [-0.3, -0.25) is 9.69 Å². The molecule has 2 aromatic carbocycles. The first kappa shape index (κ1) is 22.5. The van der Waals surface area contributed by atoms with Gasteiger partial charge in [0.15, 0.2) is 5.65 Å². The minimum Gasteiger partial charge on any atom is -0.351 e. The Morgan fingerprint density at radius 3 is 2.50 bits per heavy atom. The van der Waals surface area contributed by atoms with Crippen LogP contribution in [0.15, 0.2) is 66.9 Å². The number of likely N-dealkylation sites (N-methyl/N-ethyl adjacent to an activating group) is 1. The van der Waals surface area contributed by atoms with Crippen molar-refractivity contribution in [2.24, 2.45) is 0 Å². The highest BCUT2D eigenvalue weighted by molar-refractivity contribution is 6.30. The molecule has 0 unspecified atom stereocenters. The van der Waals surface area contributed by atoms with Gasteiger partial charge in [0.05, 0.1) is 28.5 Å². The van der Waals surface area contributed by atoms with E-state index in [2.05, 4.69) is 27.3 Å². The Hall–Kier alpha value is -3.26. The maximum Gasteiger partial charge on any atom is 0.252 e. The van der Waals surface area contributed by atoms with E-state index in [0.717, 1.165) is 49.7 Å². The highest BCUT2D eigenvalue weighted by Crippen LogP contribution is 2.27. The lowest BCUT2D eigenvalue weighted by Crippen LogP contribution is -2.46. The Morgan fingerprint density at radius 1 is 1.03 bits per heavy atom. The smallest absolute Gasteiger partial charge is 0.252 e. The zero-order valence-corrected chi connectivity index (χ0v) is 19.9. The molecule has 1 fully saturated rings. The number of carbonyl (C=O) groups excluding carboxylic acids is 1. The first-order valence-corrected chi connectivity index (χ1v) is 11.9. The maximum atomic E-state index is 13.3. The van der Waals surface area contributed by atoms with Crippen molar-refractivity contribution in [1.29, 1.82) is 0 Å². The predicted octanol–water partition coefficient (Wildman–Crippen LogP) is 3.72. The number of hydrogen-bond donors (Lipinski definition) is 1. The van der Waals surface area contributed by atoms with Gasteiger partial charge in [-0.05, 0) is 37.4 Å². The predicted molar refractivity (Wildman–Crippen MR) is 136 cm³/mol. The molecule has 1 saturated heterocycles. The van der Waals surface area contributed by atoms with Crippen LogP contribution in [0.3, 0.4) is 0 Å². The summed E-state index contributed by atoms with van der Waals surface area (Å²) < 4.78 is 1.75. The highest BCUT2D eigenvalue weighted by Gasteiger charge is 2.19. The Labute approximate surface area is 204 Å². The second kappa shape index (κ2) is 9.93. The summed E-state index contributed by atoms with van der Waals surface area (Å²) in [4.78, 5) is 22.9. The number of benzene rings is 2. The summed E-state index contributed by atoms with van der Waals surface area (Å²) in [5.41, 5.74) is 3.71. The molecule has 7 nitrogen and oxygen atoms in total. The lowest BCUT2D eigenvalue weighted by atomic mass is 10.1. The summed E-state index contributed by atoms with van der Waals surface area (Å²) in [6.45, 7) is 5.60. The molecule has 4 aromatic rings. The van der Waals surface area contributed by atoms with E-state index in [1.54, 1.807) is 10.9 Å². The number of fused-ring (bicyclic) bond motifs is 1. The molecule has 1 aliphatic rings. The van der Waals surface area contributed by atoms with E-state index in [-0.39, 0.29) is 5.91 Å². The zero-order chi connectivity index (χ0) is 23.5. The van der Waals surface area contributed by atoms with Gasteiger partial charge in [-0.15, -0.1) is 0 Å². The highest BCUT2D eigenvalue weighted by atomic mass is 35.5. The van der Waals surface area contributed by atoms with Gasteiger partial charge in [-0.1, -0.05) is 41.9 Å². The van der Waals surface area contributed by atoms with Gasteiger partial charge in [-0.2, -0.15) is 5.10 Å². The van der Waals surface area contributed by atoms with E-state index in [4.69, 9.17) is 16.6 Å². The van der Waals surface area contributed by atoms with Crippen molar-refractivity contribution in [2.45, 2.75) is 0 Å². The average Bonchev–Trinajstić information content (AvgIpc) is 3.29. The Balaban J connectivity index is 1.46. The number of carbonyl (C=O) groups is 1. The zero-order valence-electron chi connectivity index (χ0n) is 19.1. The van der Waals surface area contributed by atoms with E-state index in [9.17, 15) is 4.79 Å². The third-order valence-electron chi connectivity index (χ3n) is 6.24. The summed E-state index contributed by atoms with van der Waals surface area (Å²) >= 11 is 6.07. The number of piperazine rings is 1. The molecule has 0 atom stereocenters. The van der Waals surface area contributed by atoms with Crippen LogP contribution in [0, 0.1) is 0 Å². The molecule has 1 N–H and O–H groups in total. The Morgan fingerprint density at radius 2 is 1.76 bits per heavy atom. The molecule has 0 aliphatic carbocycles. The molecular weight excluding hydrogens is 448 g/mol. The van der Waals surface area contributed by atoms with Crippen LogP contribution in [0.1, 0.15) is 10.4 Å². The standard InChI is InChI=1S/C26H27ClN6O/c1-31-13-15-32(16-14-31)12-11-28-26(34)22-17-24(19-5-3-2-4-6-19)30-25-23(22)18-29-33(25)21-9-7-20(27)8-10-21/h2-10,17-18H,11-16H2,1H3,(H,28,34). The van der Waals surface area contributed by atoms with Crippen molar-refractivity contribution in [3.8, 4) is 16.9 Å². The summed E-state index contributed by atoms with van der Waals surface area (Å²) in [5.74, 6) is -0.116. The summed E-state index contributed by atoms with van der Waals surface area (Å²) in [7, 11) is 2.14. The molecule has 3 heterocycles. The molecule has 8 heteroatoms. The number of pyridine rings is 1. The third-order valence-corrected chi connectivity index (χ3v) is 6.49. The molecule has 5 rings (SSSR count). The van der Waals surface area contributed by atoms with Crippen molar-refractivity contribution in [2.75, 3.05) is 46.3 Å². The molecule has 0 spiro atoms. The number of aromatic nitrogens is 3. The minimum absolute atomic E-state index is 0.116. The van der Waals surface area contributed by atoms with E-state index in [1.807, 2.05) is 60.7 Å². The van der Waals surface area contributed by atoms with Gasteiger partial charge in [-0.25, -0.2) is 9.67 Å². The molecule has 2 aromatic heterocycles. The van der Waals surface area contributed by atoms with Gasteiger partial charge in [0.25, 0.3) is 5.91 Å². The van der Waals surface area contributed by atoms with Crippen LogP contribution in [-0.2, 0) is 0 Å². The molecule has 0 radical (unpaired) electrons. The van der Waals surface area contributed by atoms with Gasteiger partial charge in [0, 0.05) is 49.9 Å². The quantitative estimate of drug-likeness (QED) is 0.461. The fourth-order valence-electron chi connectivity index (χ4n) is 4.21. The molecule has 0 bridgehead atoms. The van der Waals surface area contributed by atoms with Gasteiger partial charge >= 0.3 is 0 Å². The van der Waals surface area contributed by atoms with Crippen molar-refractivity contribution < 1.29 is 4.79 Å². The fraction of sp³-hybridized carbons (Fsp3) is 0.269. The van der Waals surface area contributed by atoms with Crippen LogP contribution >= 0.6 is 11.6 Å². The molecule has 34 heavy (non-hydrogen) atoms. The minimum atomic E-state index is -0.116. The number of nitrogens with zero attached hydrogens (tertiary/aromatic N) is 5. The number of nitrogens with one attached hydrogen (secondary N) is 1. The van der Waals surface area contributed by atoms with E-state index < -0.39 is 0 Å². The summed E-state index contributed by atoms with van der Waals surface area (Å²) in [6, 6.07) is 19.2. The van der Waals surface area contributed by atoms with Crippen LogP contribution in [0.4, 0.5) is 0 Å². The van der Waals surface area contributed by atoms with Crippen LogP contribution in [0.25, 0.3) is 28.0 Å². The van der Waals surface area contributed by atoms with Crippen molar-refractivity contribution in [3.05, 3.63) is 77.4 Å². The lowest BCUT2D eigenvalue weighted by molar-refractivity contribution is 0.0942. The average molecular weight is 475 g/mol. The Bertz CT molecular complexity index is 1280. The van der Waals surface area contributed by atoms with Gasteiger partial charge in [0.1, 0.15) is 0 Å². The molecule has 1 aliphatic heterocycles. The normalized spacial score (nSPS) is 15.0. The molecule has 174 valence electrons. The molecular formula is C26H27ClN6O. The lowest BCUT2D eigenvalue weighted by Gasteiger charge is -2.32. The monoisotopic (exact) mass is 474 g/mol. The number of rotatable bonds is 6. The topological polar surface area (TPSA) is 66.3 Å². The summed E-state index contributed by atoms with van der Waals surface area (Å²) in [5, 5.41) is 9.03. The van der Waals surface area contributed by atoms with Gasteiger partial charge in [0.2, 0.25) is 0 Å². The molecule has 1 amide bonds. The second-order valence-corrected chi connectivity index (χ2v) is 9.03. The Kier molecular flexibility index (Phi) is 6.58. The van der Waals surface area contributed by atoms with Crippen LogP contribution in [0.2, 0.25) is 5.02 Å².